The summed E-state index contributed by atoms with van der Waals surface area (Å²) in [5.74, 6) is 0.504. The van der Waals surface area contributed by atoms with Crippen molar-refractivity contribution < 1.29 is 9.53 Å². The van der Waals surface area contributed by atoms with E-state index < -0.39 is 0 Å². The van der Waals surface area contributed by atoms with E-state index in [1.165, 1.54) is 0 Å². The lowest BCUT2D eigenvalue weighted by molar-refractivity contribution is 0.112. The van der Waals surface area contributed by atoms with E-state index >= 15 is 0 Å². The molecule has 0 amide bonds. The van der Waals surface area contributed by atoms with Gasteiger partial charge in [-0.1, -0.05) is 63.4 Å². The molecule has 0 atom stereocenters. The van der Waals surface area contributed by atoms with Crippen LogP contribution in [0.25, 0.3) is 12.2 Å². The molecule has 2 nitrogen and oxygen atoms in total. The van der Waals surface area contributed by atoms with Crippen molar-refractivity contribution >= 4 is 73.5 Å². The Hall–Kier alpha value is -0.810. The number of carbonyl (C=O) groups excluding carboxylic acids is 1. The molecule has 0 saturated carbocycles. The van der Waals surface area contributed by atoms with Gasteiger partial charge in [0, 0.05) is 14.8 Å². The average Bonchev–Trinajstić information content (AvgIpc) is 2.55. The van der Waals surface area contributed by atoms with Gasteiger partial charge in [0.15, 0.2) is 6.29 Å². The fourth-order valence-electron chi connectivity index (χ4n) is 1.91. The van der Waals surface area contributed by atoms with Gasteiger partial charge in [-0.2, -0.15) is 0 Å². The zero-order valence-corrected chi connectivity index (χ0v) is 16.5. The average molecular weight is 479 g/mol. The molecule has 2 aromatic carbocycles. The van der Waals surface area contributed by atoms with E-state index in [-0.39, 0.29) is 0 Å². The summed E-state index contributed by atoms with van der Waals surface area (Å²) in [7, 11) is 0. The zero-order chi connectivity index (χ0) is 16.8. The Morgan fingerprint density at radius 1 is 1.09 bits per heavy atom. The Kier molecular flexibility index (Phi) is 7.15. The van der Waals surface area contributed by atoms with Crippen LogP contribution in [-0.2, 0) is 0 Å². The predicted molar refractivity (Wildman–Crippen MR) is 104 cm³/mol. The monoisotopic (exact) mass is 476 g/mol. The van der Waals surface area contributed by atoms with Crippen molar-refractivity contribution in [3.05, 3.63) is 61.5 Å². The predicted octanol–water partition coefficient (Wildman–Crippen LogP) is 6.51. The number of benzene rings is 2. The third-order valence-corrected chi connectivity index (χ3v) is 4.98. The zero-order valence-electron chi connectivity index (χ0n) is 11.9. The Bertz CT molecular complexity index is 746. The third kappa shape index (κ3) is 4.83. The molecule has 0 fully saturated rings. The van der Waals surface area contributed by atoms with Crippen LogP contribution < -0.4 is 4.74 Å². The molecule has 23 heavy (non-hydrogen) atoms. The highest BCUT2D eigenvalue weighted by Crippen LogP contribution is 2.30. The van der Waals surface area contributed by atoms with E-state index in [0.29, 0.717) is 33.3 Å². The first-order chi connectivity index (χ1) is 11.1. The fourth-order valence-corrected chi connectivity index (χ4v) is 2.87. The van der Waals surface area contributed by atoms with Crippen LogP contribution >= 0.6 is 55.1 Å². The van der Waals surface area contributed by atoms with Crippen LogP contribution in [0.4, 0.5) is 0 Å². The molecule has 0 aliphatic carbocycles. The quantitative estimate of drug-likeness (QED) is 0.268. The Labute approximate surface area is 161 Å². The maximum atomic E-state index is 11.1. The van der Waals surface area contributed by atoms with Gasteiger partial charge >= 0.3 is 0 Å². The van der Waals surface area contributed by atoms with Gasteiger partial charge in [0.25, 0.3) is 0 Å². The van der Waals surface area contributed by atoms with Crippen LogP contribution in [0.2, 0.25) is 10.0 Å². The molecule has 0 N–H and O–H groups in total. The largest absolute Gasteiger partial charge is 0.492 e. The van der Waals surface area contributed by atoms with Gasteiger partial charge in [-0.3, -0.25) is 4.79 Å². The van der Waals surface area contributed by atoms with Crippen molar-refractivity contribution in [2.24, 2.45) is 0 Å². The van der Waals surface area contributed by atoms with Crippen molar-refractivity contribution in [3.63, 3.8) is 0 Å². The van der Waals surface area contributed by atoms with Crippen molar-refractivity contribution in [2.75, 3.05) is 11.9 Å². The lowest BCUT2D eigenvalue weighted by Gasteiger charge is -2.09. The summed E-state index contributed by atoms with van der Waals surface area (Å²) in [5, 5.41) is 1.77. The molecule has 2 aromatic rings. The summed E-state index contributed by atoms with van der Waals surface area (Å²) in [4.78, 5) is 11.1. The number of carbonyl (C=O) groups is 1. The van der Waals surface area contributed by atoms with Gasteiger partial charge in [0.05, 0.1) is 17.2 Å². The minimum atomic E-state index is 0.425. The second-order valence-electron chi connectivity index (χ2n) is 4.54. The maximum absolute atomic E-state index is 11.1. The van der Waals surface area contributed by atoms with Crippen LogP contribution in [0.5, 0.6) is 5.75 Å². The van der Waals surface area contributed by atoms with Crippen molar-refractivity contribution in [1.29, 1.82) is 0 Å². The first-order valence-electron chi connectivity index (χ1n) is 6.66. The van der Waals surface area contributed by atoms with Crippen LogP contribution in [0.1, 0.15) is 21.5 Å². The van der Waals surface area contributed by atoms with Crippen LogP contribution in [0.3, 0.4) is 0 Å². The number of hydrogen-bond donors (Lipinski definition) is 0. The standard InChI is InChI=1S/C17H12Br2Cl2O2/c18-6-7-23-16-9-12(15(20)8-13(16)10-22)5-4-11-2-1-3-14(19)17(11)21/h1-5,8-10H,6-7H2. The molecule has 2 rings (SSSR count). The minimum Gasteiger partial charge on any atom is -0.492 e. The van der Waals surface area contributed by atoms with Crippen molar-refractivity contribution in [2.45, 2.75) is 0 Å². The van der Waals surface area contributed by atoms with E-state index in [1.807, 2.05) is 30.4 Å². The number of alkyl halides is 1. The number of hydrogen-bond acceptors (Lipinski definition) is 2. The van der Waals surface area contributed by atoms with Crippen LogP contribution in [-0.4, -0.2) is 18.2 Å². The second-order valence-corrected chi connectivity index (χ2v) is 6.98. The molecule has 0 aromatic heterocycles. The van der Waals surface area contributed by atoms with E-state index in [9.17, 15) is 4.79 Å². The lowest BCUT2D eigenvalue weighted by Crippen LogP contribution is -2.01. The molecular formula is C17H12Br2Cl2O2. The number of halogens is 4. The lowest BCUT2D eigenvalue weighted by atomic mass is 10.1. The first-order valence-corrected chi connectivity index (χ1v) is 9.33. The molecule has 0 heterocycles. The van der Waals surface area contributed by atoms with Gasteiger partial charge in [0.2, 0.25) is 0 Å². The number of rotatable bonds is 6. The summed E-state index contributed by atoms with van der Waals surface area (Å²) in [6.45, 7) is 0.461. The van der Waals surface area contributed by atoms with Gasteiger partial charge in [-0.15, -0.1) is 0 Å². The van der Waals surface area contributed by atoms with Gasteiger partial charge in [-0.25, -0.2) is 0 Å². The van der Waals surface area contributed by atoms with Crippen molar-refractivity contribution in [1.82, 2.24) is 0 Å². The summed E-state index contributed by atoms with van der Waals surface area (Å²) in [6, 6.07) is 9.02. The van der Waals surface area contributed by atoms with E-state index in [4.69, 9.17) is 27.9 Å². The molecule has 0 radical (unpaired) electrons. The van der Waals surface area contributed by atoms with Crippen LogP contribution in [0, 0.1) is 0 Å². The highest BCUT2D eigenvalue weighted by Gasteiger charge is 2.08. The first kappa shape index (κ1) is 18.5. The van der Waals surface area contributed by atoms with E-state index in [1.54, 1.807) is 12.1 Å². The summed E-state index contributed by atoms with van der Waals surface area (Å²) < 4.78 is 6.39. The van der Waals surface area contributed by atoms with Gasteiger partial charge < -0.3 is 4.74 Å². The molecule has 0 saturated heterocycles. The van der Waals surface area contributed by atoms with Crippen molar-refractivity contribution in [3.8, 4) is 5.75 Å². The molecule has 6 heteroatoms. The molecule has 0 aliphatic rings. The van der Waals surface area contributed by atoms with E-state index in [2.05, 4.69) is 31.9 Å². The molecule has 120 valence electrons. The smallest absolute Gasteiger partial charge is 0.153 e. The molecule has 0 unspecified atom stereocenters. The van der Waals surface area contributed by atoms with E-state index in [0.717, 1.165) is 21.9 Å². The highest BCUT2D eigenvalue weighted by atomic mass is 79.9. The highest BCUT2D eigenvalue weighted by molar-refractivity contribution is 9.10. The summed E-state index contributed by atoms with van der Waals surface area (Å²) in [6.07, 6.45) is 4.43. The second kappa shape index (κ2) is 8.88. The number of ether oxygens (including phenoxy) is 1. The maximum Gasteiger partial charge on any atom is 0.153 e. The SMILES string of the molecule is O=Cc1cc(Cl)c(C=Cc2cccc(Br)c2Cl)cc1OCCBr. The third-order valence-electron chi connectivity index (χ3n) is 3.01. The van der Waals surface area contributed by atoms with Crippen LogP contribution in [0.15, 0.2) is 34.8 Å². The molecular weight excluding hydrogens is 467 g/mol. The Balaban J connectivity index is 2.37. The molecule has 0 aliphatic heterocycles. The molecule has 0 spiro atoms. The fraction of sp³-hybridized carbons (Fsp3) is 0.118. The normalized spacial score (nSPS) is 11.0. The number of aldehydes is 1. The Morgan fingerprint density at radius 2 is 1.83 bits per heavy atom. The summed E-state index contributed by atoms with van der Waals surface area (Å²) in [5.41, 5.74) is 2.03. The summed E-state index contributed by atoms with van der Waals surface area (Å²) >= 11 is 19.2. The van der Waals surface area contributed by atoms with Gasteiger partial charge in [-0.05, 0) is 45.3 Å². The Morgan fingerprint density at radius 3 is 2.52 bits per heavy atom. The molecule has 0 bridgehead atoms. The van der Waals surface area contributed by atoms with Gasteiger partial charge in [0.1, 0.15) is 5.75 Å². The minimum absolute atomic E-state index is 0.425. The topological polar surface area (TPSA) is 26.3 Å².